The van der Waals surface area contributed by atoms with E-state index in [2.05, 4.69) is 25.8 Å². The normalized spacial score (nSPS) is 12.5. The molecule has 0 spiro atoms. The van der Waals surface area contributed by atoms with Gasteiger partial charge in [0, 0.05) is 0 Å². The predicted octanol–water partition coefficient (Wildman–Crippen LogP) is 4.78. The Hall–Kier alpha value is 0.109. The first-order valence-corrected chi connectivity index (χ1v) is 15.0. The summed E-state index contributed by atoms with van der Waals surface area (Å²) in [6.45, 7) is 10.4. The number of hydrogen-bond donors (Lipinski definition) is 0. The van der Waals surface area contributed by atoms with Gasteiger partial charge in [-0.15, -0.1) is 0 Å². The van der Waals surface area contributed by atoms with Crippen LogP contribution < -0.4 is 9.14 Å². The SMILES string of the molecule is CCCC[C](CCCC)(CCCC)[Sn][c]1cnc(P(C)(C)=O)cn1. The molecule has 1 aromatic heterocycles. The summed E-state index contributed by atoms with van der Waals surface area (Å²) in [6, 6.07) is 0. The minimum atomic E-state index is -2.30. The van der Waals surface area contributed by atoms with E-state index >= 15 is 0 Å². The van der Waals surface area contributed by atoms with Crippen LogP contribution in [0.1, 0.15) is 78.6 Å². The van der Waals surface area contributed by atoms with Crippen LogP contribution in [0, 0.1) is 0 Å². The van der Waals surface area contributed by atoms with Crippen molar-refractivity contribution in [3.05, 3.63) is 12.4 Å². The van der Waals surface area contributed by atoms with E-state index in [9.17, 15) is 4.57 Å². The number of unbranched alkanes of at least 4 members (excludes halogenated alkanes) is 3. The van der Waals surface area contributed by atoms with Crippen LogP contribution in [0.2, 0.25) is 3.43 Å². The van der Waals surface area contributed by atoms with Crippen molar-refractivity contribution in [2.75, 3.05) is 13.3 Å². The number of nitrogens with zero attached hydrogens (tertiary/aromatic N) is 2. The first kappa shape index (κ1) is 22.2. The van der Waals surface area contributed by atoms with Gasteiger partial charge in [-0.2, -0.15) is 0 Å². The molecule has 0 bridgehead atoms. The minimum absolute atomic E-state index is 0.531. The Bertz CT molecular complexity index is 491. The zero-order chi connectivity index (χ0) is 18.1. The molecular weight excluding hydrogens is 422 g/mol. The number of aromatic nitrogens is 2. The van der Waals surface area contributed by atoms with Crippen molar-refractivity contribution in [2.45, 2.75) is 82.0 Å². The fourth-order valence-corrected chi connectivity index (χ4v) is 8.59. The van der Waals surface area contributed by atoms with Crippen LogP contribution in [0.25, 0.3) is 0 Å². The Balaban J connectivity index is 2.97. The Labute approximate surface area is 159 Å². The van der Waals surface area contributed by atoms with Crippen molar-refractivity contribution in [1.82, 2.24) is 9.97 Å². The molecule has 0 saturated carbocycles. The topological polar surface area (TPSA) is 42.9 Å². The maximum absolute atomic E-state index is 12.1. The van der Waals surface area contributed by atoms with Crippen molar-refractivity contribution in [3.8, 4) is 0 Å². The van der Waals surface area contributed by atoms with Gasteiger partial charge in [0.2, 0.25) is 0 Å². The second-order valence-corrected chi connectivity index (χ2v) is 15.7. The molecule has 0 aromatic carbocycles. The third kappa shape index (κ3) is 7.56. The molecule has 1 aromatic rings. The average molecular weight is 457 g/mol. The summed E-state index contributed by atoms with van der Waals surface area (Å²) >= 11 is -0.824. The summed E-state index contributed by atoms with van der Waals surface area (Å²) < 4.78 is 13.9. The van der Waals surface area contributed by atoms with Crippen LogP contribution in [0.5, 0.6) is 0 Å². The van der Waals surface area contributed by atoms with Crippen LogP contribution in [0.3, 0.4) is 0 Å². The Morgan fingerprint density at radius 1 is 0.917 bits per heavy atom. The predicted molar refractivity (Wildman–Crippen MR) is 108 cm³/mol. The third-order valence-corrected chi connectivity index (χ3v) is 11.1. The van der Waals surface area contributed by atoms with Crippen molar-refractivity contribution in [3.63, 3.8) is 0 Å². The molecule has 0 aliphatic heterocycles. The molecule has 136 valence electrons. The van der Waals surface area contributed by atoms with Crippen LogP contribution in [0.4, 0.5) is 0 Å². The fraction of sp³-hybridized carbons (Fsp3) is 0.789. The van der Waals surface area contributed by atoms with E-state index in [1.54, 1.807) is 19.5 Å². The van der Waals surface area contributed by atoms with Gasteiger partial charge in [-0.25, -0.2) is 0 Å². The van der Waals surface area contributed by atoms with Gasteiger partial charge in [0.05, 0.1) is 0 Å². The monoisotopic (exact) mass is 458 g/mol. The van der Waals surface area contributed by atoms with Gasteiger partial charge in [-0.1, -0.05) is 0 Å². The molecule has 0 saturated heterocycles. The van der Waals surface area contributed by atoms with Crippen LogP contribution in [0.15, 0.2) is 12.4 Å². The van der Waals surface area contributed by atoms with Crippen LogP contribution in [-0.4, -0.2) is 44.4 Å². The van der Waals surface area contributed by atoms with E-state index in [-0.39, 0.29) is 0 Å². The molecule has 2 radical (unpaired) electrons. The summed E-state index contributed by atoms with van der Waals surface area (Å²) in [7, 11) is -2.30. The van der Waals surface area contributed by atoms with E-state index in [0.29, 0.717) is 8.87 Å². The summed E-state index contributed by atoms with van der Waals surface area (Å²) in [5.74, 6) is 0. The van der Waals surface area contributed by atoms with E-state index in [1.807, 2.05) is 6.20 Å². The van der Waals surface area contributed by atoms with Crippen LogP contribution >= 0.6 is 7.14 Å². The summed E-state index contributed by atoms with van der Waals surface area (Å²) in [5.41, 5.74) is 0.673. The molecule has 0 atom stereocenters. The molecule has 0 aliphatic rings. The molecule has 0 unspecified atom stereocenters. The Kier molecular flexibility index (Phi) is 10.1. The molecule has 0 aliphatic carbocycles. The van der Waals surface area contributed by atoms with Crippen molar-refractivity contribution >= 4 is 37.4 Å². The fourth-order valence-electron chi connectivity index (χ4n) is 3.04. The maximum atomic E-state index is 12.1. The van der Waals surface area contributed by atoms with Gasteiger partial charge in [-0.3, -0.25) is 0 Å². The molecule has 0 N–H and O–H groups in total. The molecule has 1 heterocycles. The molecule has 1 rings (SSSR count). The second-order valence-electron chi connectivity index (χ2n) is 7.33. The summed E-state index contributed by atoms with van der Waals surface area (Å²) in [6.07, 6.45) is 15.6. The van der Waals surface area contributed by atoms with Crippen molar-refractivity contribution in [2.24, 2.45) is 0 Å². The Morgan fingerprint density at radius 3 is 1.75 bits per heavy atom. The third-order valence-electron chi connectivity index (χ3n) is 4.61. The average Bonchev–Trinajstić information content (AvgIpc) is 2.56. The first-order valence-electron chi connectivity index (χ1n) is 9.52. The van der Waals surface area contributed by atoms with Gasteiger partial charge in [0.1, 0.15) is 0 Å². The molecule has 0 amide bonds. The first-order chi connectivity index (χ1) is 11.4. The summed E-state index contributed by atoms with van der Waals surface area (Å²) in [4.78, 5) is 9.19. The molecule has 24 heavy (non-hydrogen) atoms. The molecular formula is C19H35N2OPSn. The zero-order valence-electron chi connectivity index (χ0n) is 16.3. The molecule has 5 heteroatoms. The van der Waals surface area contributed by atoms with Gasteiger partial charge in [-0.05, 0) is 0 Å². The van der Waals surface area contributed by atoms with Gasteiger partial charge in [0.15, 0.2) is 0 Å². The van der Waals surface area contributed by atoms with Crippen LogP contribution in [-0.2, 0) is 4.57 Å². The van der Waals surface area contributed by atoms with E-state index < -0.39 is 28.3 Å². The van der Waals surface area contributed by atoms with Crippen molar-refractivity contribution < 1.29 is 4.57 Å². The Morgan fingerprint density at radius 2 is 1.42 bits per heavy atom. The van der Waals surface area contributed by atoms with Gasteiger partial charge in [0.25, 0.3) is 0 Å². The van der Waals surface area contributed by atoms with Gasteiger partial charge >= 0.3 is 160 Å². The molecule has 3 nitrogen and oxygen atoms in total. The summed E-state index contributed by atoms with van der Waals surface area (Å²) in [5, 5.41) is 0. The van der Waals surface area contributed by atoms with Gasteiger partial charge < -0.3 is 0 Å². The second kappa shape index (κ2) is 11.0. The number of hydrogen-bond acceptors (Lipinski definition) is 3. The quantitative estimate of drug-likeness (QED) is 0.335. The van der Waals surface area contributed by atoms with Crippen molar-refractivity contribution in [1.29, 1.82) is 0 Å². The molecule has 0 fully saturated rings. The van der Waals surface area contributed by atoms with E-state index in [4.69, 9.17) is 4.98 Å². The zero-order valence-corrected chi connectivity index (χ0v) is 20.0. The van der Waals surface area contributed by atoms with E-state index in [1.165, 1.54) is 61.5 Å². The van der Waals surface area contributed by atoms with E-state index in [0.717, 1.165) is 0 Å². The number of rotatable bonds is 12. The standard InChI is InChI=1S/C13H27.C6H8N2OP.Sn/c1-4-7-10-13(11-8-5-2)12-9-6-3;1-10(2,9)6-5-7-3-4-8-6;/h4-12H2,1-3H3;4-5H,1-2H3;.